The number of hydrogen-bond donors (Lipinski definition) is 2. The van der Waals surface area contributed by atoms with Crippen LogP contribution in [-0.2, 0) is 0 Å². The van der Waals surface area contributed by atoms with Crippen LogP contribution in [0.1, 0.15) is 47.2 Å². The quantitative estimate of drug-likeness (QED) is 0.725. The highest BCUT2D eigenvalue weighted by molar-refractivity contribution is 9.10. The average molecular weight is 446 g/mol. The largest absolute Gasteiger partial charge is 0.362 e. The predicted octanol–water partition coefficient (Wildman–Crippen LogP) is 4.08. The first kappa shape index (κ1) is 20.6. The highest BCUT2D eigenvalue weighted by Gasteiger charge is 2.23. The van der Waals surface area contributed by atoms with Crippen molar-refractivity contribution in [3.05, 3.63) is 45.6 Å². The van der Waals surface area contributed by atoms with Crippen LogP contribution in [0.5, 0.6) is 0 Å². The fourth-order valence-corrected chi connectivity index (χ4v) is 3.82. The Morgan fingerprint density at radius 3 is 2.43 bits per heavy atom. The maximum atomic E-state index is 12.5. The van der Waals surface area contributed by atoms with E-state index in [1.165, 1.54) is 0 Å². The highest BCUT2D eigenvalue weighted by Crippen LogP contribution is 2.23. The molecule has 0 bridgehead atoms. The molecule has 1 aromatic heterocycles. The van der Waals surface area contributed by atoms with Crippen molar-refractivity contribution in [3.8, 4) is 0 Å². The van der Waals surface area contributed by atoms with E-state index >= 15 is 0 Å². The van der Waals surface area contributed by atoms with Crippen molar-refractivity contribution >= 4 is 33.6 Å². The lowest BCUT2D eigenvalue weighted by atomic mass is 9.91. The summed E-state index contributed by atoms with van der Waals surface area (Å²) < 4.78 is 1.02. The van der Waals surface area contributed by atoms with Crippen LogP contribution in [0.25, 0.3) is 0 Å². The van der Waals surface area contributed by atoms with Gasteiger partial charge in [-0.1, -0.05) is 15.9 Å². The van der Waals surface area contributed by atoms with Gasteiger partial charge in [-0.2, -0.15) is 4.98 Å². The first-order valence-corrected chi connectivity index (χ1v) is 10.5. The van der Waals surface area contributed by atoms with E-state index in [-0.39, 0.29) is 11.9 Å². The second kappa shape index (κ2) is 8.90. The molecule has 0 atom stereocenters. The molecule has 28 heavy (non-hydrogen) atoms. The topological polar surface area (TPSA) is 70.2 Å². The molecule has 6 nitrogen and oxygen atoms in total. The van der Waals surface area contributed by atoms with Crippen LogP contribution >= 0.6 is 15.9 Å². The van der Waals surface area contributed by atoms with Crippen LogP contribution in [0, 0.1) is 13.8 Å². The van der Waals surface area contributed by atoms with Gasteiger partial charge in [0.25, 0.3) is 5.91 Å². The molecule has 1 aliphatic rings. The van der Waals surface area contributed by atoms with Crippen molar-refractivity contribution in [2.24, 2.45) is 0 Å². The molecule has 1 amide bonds. The maximum absolute atomic E-state index is 12.5. The van der Waals surface area contributed by atoms with Crippen molar-refractivity contribution in [2.75, 3.05) is 24.3 Å². The van der Waals surface area contributed by atoms with Crippen LogP contribution in [0.4, 0.5) is 11.8 Å². The monoisotopic (exact) mass is 445 g/mol. The second-order valence-electron chi connectivity index (χ2n) is 7.72. The molecule has 1 fully saturated rings. The zero-order valence-corrected chi connectivity index (χ0v) is 18.5. The van der Waals surface area contributed by atoms with E-state index in [9.17, 15) is 4.79 Å². The van der Waals surface area contributed by atoms with E-state index < -0.39 is 0 Å². The third-order valence-corrected chi connectivity index (χ3v) is 6.07. The van der Waals surface area contributed by atoms with Gasteiger partial charge in [-0.05, 0) is 63.3 Å². The summed E-state index contributed by atoms with van der Waals surface area (Å²) in [6.07, 6.45) is 5.73. The van der Waals surface area contributed by atoms with Gasteiger partial charge in [-0.15, -0.1) is 0 Å². The van der Waals surface area contributed by atoms with Crippen molar-refractivity contribution in [3.63, 3.8) is 0 Å². The van der Waals surface area contributed by atoms with Gasteiger partial charge in [0.15, 0.2) is 0 Å². The number of nitrogens with one attached hydrogen (secondary N) is 2. The molecule has 2 N–H and O–H groups in total. The first-order valence-electron chi connectivity index (χ1n) is 9.68. The SMILES string of the molecule is Cc1cc(C(=O)NC2CCC(Nc3ncc(C)c(N(C)C)n3)CC2)ccc1Br. The van der Waals surface area contributed by atoms with Crippen molar-refractivity contribution in [1.82, 2.24) is 15.3 Å². The molecule has 7 heteroatoms. The van der Waals surface area contributed by atoms with Gasteiger partial charge in [0.05, 0.1) is 0 Å². The molecule has 150 valence electrons. The summed E-state index contributed by atoms with van der Waals surface area (Å²) in [6, 6.07) is 6.25. The molecule has 0 radical (unpaired) electrons. The minimum Gasteiger partial charge on any atom is -0.362 e. The molecule has 1 saturated carbocycles. The van der Waals surface area contributed by atoms with Gasteiger partial charge in [0.2, 0.25) is 5.95 Å². The second-order valence-corrected chi connectivity index (χ2v) is 8.58. The molecule has 2 aromatic rings. The minimum absolute atomic E-state index is 0.00417. The number of carbonyl (C=O) groups excluding carboxylic acids is 1. The van der Waals surface area contributed by atoms with Gasteiger partial charge in [-0.25, -0.2) is 4.98 Å². The van der Waals surface area contributed by atoms with Crippen LogP contribution < -0.4 is 15.5 Å². The normalized spacial score (nSPS) is 19.2. The predicted molar refractivity (Wildman–Crippen MR) is 117 cm³/mol. The highest BCUT2D eigenvalue weighted by atomic mass is 79.9. The standard InChI is InChI=1S/C21H28BrN5O/c1-13-11-15(5-10-18(13)22)20(28)24-16-6-8-17(9-7-16)25-21-23-12-14(2)19(26-21)27(3)4/h5,10-12,16-17H,6-9H2,1-4H3,(H,24,28)(H,23,25,26). The molecule has 3 rings (SSSR count). The molecule has 0 aliphatic heterocycles. The van der Waals surface area contributed by atoms with Gasteiger partial charge < -0.3 is 15.5 Å². The lowest BCUT2D eigenvalue weighted by Gasteiger charge is -2.30. The summed E-state index contributed by atoms with van der Waals surface area (Å²) in [5, 5.41) is 6.63. The molecular weight excluding hydrogens is 418 g/mol. The Balaban J connectivity index is 1.52. The van der Waals surface area contributed by atoms with Gasteiger partial charge >= 0.3 is 0 Å². The third-order valence-electron chi connectivity index (χ3n) is 5.18. The molecule has 1 heterocycles. The summed E-state index contributed by atoms with van der Waals surface area (Å²) in [5.41, 5.74) is 2.84. The zero-order chi connectivity index (χ0) is 20.3. The summed E-state index contributed by atoms with van der Waals surface area (Å²) in [5.74, 6) is 1.61. The number of carbonyl (C=O) groups is 1. The number of aryl methyl sites for hydroxylation is 2. The van der Waals surface area contributed by atoms with E-state index in [4.69, 9.17) is 0 Å². The summed E-state index contributed by atoms with van der Waals surface area (Å²) in [6.45, 7) is 4.01. The average Bonchev–Trinajstić information content (AvgIpc) is 2.66. The van der Waals surface area contributed by atoms with Crippen LogP contribution in [0.15, 0.2) is 28.9 Å². The van der Waals surface area contributed by atoms with Crippen molar-refractivity contribution in [1.29, 1.82) is 0 Å². The fraction of sp³-hybridized carbons (Fsp3) is 0.476. The van der Waals surface area contributed by atoms with E-state index in [2.05, 4.69) is 36.5 Å². The van der Waals surface area contributed by atoms with Gasteiger partial charge in [0, 0.05) is 48.0 Å². The molecule has 0 saturated heterocycles. The van der Waals surface area contributed by atoms with Crippen molar-refractivity contribution < 1.29 is 4.79 Å². The smallest absolute Gasteiger partial charge is 0.251 e. The van der Waals surface area contributed by atoms with Crippen LogP contribution in [0.2, 0.25) is 0 Å². The third kappa shape index (κ3) is 5.01. The number of hydrogen-bond acceptors (Lipinski definition) is 5. The summed E-state index contributed by atoms with van der Waals surface area (Å²) >= 11 is 3.48. The van der Waals surface area contributed by atoms with Crippen LogP contribution in [-0.4, -0.2) is 42.1 Å². The lowest BCUT2D eigenvalue weighted by Crippen LogP contribution is -2.40. The van der Waals surface area contributed by atoms with Gasteiger partial charge in [0.1, 0.15) is 5.82 Å². The Hall–Kier alpha value is -2.15. The Morgan fingerprint density at radius 1 is 1.11 bits per heavy atom. The fourth-order valence-electron chi connectivity index (χ4n) is 3.57. The molecule has 0 unspecified atom stereocenters. The Bertz CT molecular complexity index is 847. The number of amides is 1. The number of rotatable bonds is 5. The summed E-state index contributed by atoms with van der Waals surface area (Å²) in [7, 11) is 3.97. The van der Waals surface area contributed by atoms with E-state index in [0.717, 1.165) is 47.1 Å². The lowest BCUT2D eigenvalue weighted by molar-refractivity contribution is 0.0926. The number of nitrogens with zero attached hydrogens (tertiary/aromatic N) is 3. The summed E-state index contributed by atoms with van der Waals surface area (Å²) in [4.78, 5) is 23.5. The number of aromatic nitrogens is 2. The molecule has 0 spiro atoms. The first-order chi connectivity index (χ1) is 13.3. The molecular formula is C21H28BrN5O. The molecule has 1 aliphatic carbocycles. The maximum Gasteiger partial charge on any atom is 0.251 e. The number of halogens is 1. The van der Waals surface area contributed by atoms with E-state index in [1.54, 1.807) is 0 Å². The van der Waals surface area contributed by atoms with Crippen molar-refractivity contribution in [2.45, 2.75) is 51.6 Å². The van der Waals surface area contributed by atoms with E-state index in [0.29, 0.717) is 17.6 Å². The Morgan fingerprint density at radius 2 is 1.79 bits per heavy atom. The minimum atomic E-state index is 0.00417. The Kier molecular flexibility index (Phi) is 6.54. The van der Waals surface area contributed by atoms with Gasteiger partial charge in [-0.3, -0.25) is 4.79 Å². The Labute approximate surface area is 175 Å². The zero-order valence-electron chi connectivity index (χ0n) is 16.9. The number of anilines is 2. The van der Waals surface area contributed by atoms with Crippen LogP contribution in [0.3, 0.4) is 0 Å². The number of benzene rings is 1. The molecule has 1 aromatic carbocycles. The van der Waals surface area contributed by atoms with E-state index in [1.807, 2.05) is 57.2 Å².